The highest BCUT2D eigenvalue weighted by Crippen LogP contribution is 2.62. The first-order valence-corrected chi connectivity index (χ1v) is 21.4. The molecule has 2 aliphatic carbocycles. The molecule has 2 saturated heterocycles. The van der Waals surface area contributed by atoms with Gasteiger partial charge in [-0.2, -0.15) is 0 Å². The summed E-state index contributed by atoms with van der Waals surface area (Å²) in [7, 11) is 2.44. The second-order valence-corrected chi connectivity index (χ2v) is 19.4. The summed E-state index contributed by atoms with van der Waals surface area (Å²) >= 11 is 2.41. The molecule has 6 rings (SSSR count). The van der Waals surface area contributed by atoms with E-state index in [0.29, 0.717) is 12.8 Å². The monoisotopic (exact) mass is 868 g/mol. The maximum Gasteiger partial charge on any atom is 0.408 e. The molecule has 2 aromatic carbocycles. The molecule has 60 heavy (non-hydrogen) atoms. The van der Waals surface area contributed by atoms with E-state index in [4.69, 9.17) is 18.9 Å². The zero-order valence-electron chi connectivity index (χ0n) is 34.8. The van der Waals surface area contributed by atoms with Crippen molar-refractivity contribution in [3.8, 4) is 0 Å². The summed E-state index contributed by atoms with van der Waals surface area (Å²) in [5, 5.41) is 9.89. The number of amides is 6. The lowest BCUT2D eigenvalue weighted by atomic mass is 9.62. The molecule has 2 aliphatic heterocycles. The number of hydrogen-bond acceptors (Lipinski definition) is 14. The van der Waals surface area contributed by atoms with E-state index in [1.165, 1.54) is 37.7 Å². The fraction of sp³-hybridized carbons (Fsp3) is 0.524. The summed E-state index contributed by atoms with van der Waals surface area (Å²) in [5.74, 6) is -3.77. The maximum absolute atomic E-state index is 12.8. The van der Waals surface area contributed by atoms with E-state index in [9.17, 15) is 38.4 Å². The fourth-order valence-electron chi connectivity index (χ4n) is 7.80. The molecular formula is C42H52N4O12S2. The molecule has 18 heteroatoms. The number of esters is 2. The Morgan fingerprint density at radius 2 is 0.950 bits per heavy atom. The van der Waals surface area contributed by atoms with Crippen molar-refractivity contribution in [1.29, 1.82) is 0 Å². The Morgan fingerprint density at radius 3 is 1.23 bits per heavy atom. The van der Waals surface area contributed by atoms with Crippen molar-refractivity contribution in [1.82, 2.24) is 21.3 Å². The number of alkyl carbamates (subject to hydrolysis) is 2. The van der Waals surface area contributed by atoms with E-state index in [0.717, 1.165) is 11.1 Å². The lowest BCUT2D eigenvalue weighted by Crippen LogP contribution is -2.56. The van der Waals surface area contributed by atoms with Gasteiger partial charge in [-0.1, -0.05) is 60.7 Å². The summed E-state index contributed by atoms with van der Waals surface area (Å²) in [6, 6.07) is 17.0. The smallest absolute Gasteiger partial charge is 0.408 e. The van der Waals surface area contributed by atoms with E-state index >= 15 is 0 Å². The summed E-state index contributed by atoms with van der Waals surface area (Å²) < 4.78 is 18.0. The van der Waals surface area contributed by atoms with E-state index in [1.807, 2.05) is 60.7 Å². The number of nitrogens with one attached hydrogen (secondary N) is 4. The number of imide groups is 2. The Morgan fingerprint density at radius 1 is 0.617 bits per heavy atom. The quantitative estimate of drug-likeness (QED) is 0.135. The van der Waals surface area contributed by atoms with Crippen LogP contribution >= 0.6 is 23.5 Å². The summed E-state index contributed by atoms with van der Waals surface area (Å²) in [6.45, 7) is 10.3. The second kappa shape index (κ2) is 18.3. The van der Waals surface area contributed by atoms with Crippen LogP contribution in [0.3, 0.4) is 0 Å². The van der Waals surface area contributed by atoms with Gasteiger partial charge in [-0.05, 0) is 65.5 Å². The molecule has 6 amide bonds. The van der Waals surface area contributed by atoms with Gasteiger partial charge in [-0.15, -0.1) is 23.5 Å². The Balaban J connectivity index is 0.000000228. The highest BCUT2D eigenvalue weighted by atomic mass is 32.2. The minimum Gasteiger partial charge on any atom is -0.467 e. The van der Waals surface area contributed by atoms with Gasteiger partial charge in [0.15, 0.2) is 0 Å². The summed E-state index contributed by atoms with van der Waals surface area (Å²) in [5.41, 5.74) is 0.457. The number of fused-ring (bicyclic) bond motifs is 2. The first-order valence-electron chi connectivity index (χ1n) is 19.4. The predicted octanol–water partition coefficient (Wildman–Crippen LogP) is 3.97. The van der Waals surface area contributed by atoms with Gasteiger partial charge in [-0.3, -0.25) is 29.8 Å². The Labute approximate surface area is 357 Å². The van der Waals surface area contributed by atoms with Gasteiger partial charge in [0.2, 0.25) is 23.6 Å². The van der Waals surface area contributed by atoms with Gasteiger partial charge in [0.25, 0.3) is 0 Å². The van der Waals surface area contributed by atoms with E-state index in [-0.39, 0.29) is 47.0 Å². The van der Waals surface area contributed by atoms with Crippen molar-refractivity contribution in [2.24, 2.45) is 11.8 Å². The highest BCUT2D eigenvalue weighted by molar-refractivity contribution is 8.02. The molecule has 0 aromatic heterocycles. The van der Waals surface area contributed by atoms with Crippen LogP contribution in [-0.2, 0) is 47.7 Å². The van der Waals surface area contributed by atoms with Crippen LogP contribution in [0.15, 0.2) is 60.7 Å². The zero-order chi connectivity index (χ0) is 44.2. The third-order valence-corrected chi connectivity index (χ3v) is 14.0. The van der Waals surface area contributed by atoms with Crippen LogP contribution in [0.4, 0.5) is 9.59 Å². The molecule has 324 valence electrons. The molecule has 2 unspecified atom stereocenters. The molecule has 4 aliphatic rings. The lowest BCUT2D eigenvalue weighted by molar-refractivity contribution is -0.143. The van der Waals surface area contributed by atoms with E-state index in [1.54, 1.807) is 41.5 Å². The number of carbonyl (C=O) groups excluding carboxylic acids is 8. The van der Waals surface area contributed by atoms with Crippen molar-refractivity contribution in [3.05, 3.63) is 71.8 Å². The van der Waals surface area contributed by atoms with Crippen LogP contribution in [0.2, 0.25) is 0 Å². The van der Waals surface area contributed by atoms with Gasteiger partial charge in [-0.25, -0.2) is 19.2 Å². The summed E-state index contributed by atoms with van der Waals surface area (Å²) in [6.07, 6.45) is -0.408. The van der Waals surface area contributed by atoms with Gasteiger partial charge in [0, 0.05) is 23.3 Å². The molecular weight excluding hydrogens is 817 g/mol. The molecule has 8 atom stereocenters. The van der Waals surface area contributed by atoms with Gasteiger partial charge in [0.05, 0.1) is 26.1 Å². The Bertz CT molecular complexity index is 1850. The van der Waals surface area contributed by atoms with Crippen molar-refractivity contribution in [2.45, 2.75) is 99.0 Å². The molecule has 4 N–H and O–H groups in total. The SMILES string of the molecule is COC(=O)[C@H](CS[C@@]12C(=O)NC(=O)[C@@H]1CC2c1ccccc1)NC(=O)OC(C)(C)C.COC(=O)[C@H](CS[C@]12C(=O)NC(=O)[C@H]1CC2c1ccccc1)NC(=O)OC(C)(C)C. The molecule has 4 fully saturated rings. The number of thioether (sulfide) groups is 2. The van der Waals surface area contributed by atoms with Gasteiger partial charge < -0.3 is 29.6 Å². The maximum atomic E-state index is 12.8. The average Bonchev–Trinajstić information content (AvgIpc) is 3.45. The normalized spacial score (nSPS) is 26.1. The topological polar surface area (TPSA) is 222 Å². The molecule has 16 nitrogen and oxygen atoms in total. The van der Waals surface area contributed by atoms with Crippen molar-refractivity contribution in [2.75, 3.05) is 25.7 Å². The second-order valence-electron chi connectivity index (χ2n) is 16.8. The zero-order valence-corrected chi connectivity index (χ0v) is 36.4. The molecule has 0 bridgehead atoms. The first-order chi connectivity index (χ1) is 28.2. The standard InChI is InChI=1S/2C21H26N2O6S/c2*1-20(2,3)29-19(27)22-15(17(25)28-4)11-30-21-13(12-8-6-5-7-9-12)10-14(21)16(24)23-18(21)26/h2*5-9,13-15H,10-11H2,1-4H3,(H,22,27)(H,23,24,26)/t13?,14-,15+,21+;13?,14-,15-,21+/m10/s1. The molecule has 2 heterocycles. The average molecular weight is 869 g/mol. The number of methoxy groups -OCH3 is 2. The summed E-state index contributed by atoms with van der Waals surface area (Å²) in [4.78, 5) is 99.0. The number of rotatable bonds is 12. The predicted molar refractivity (Wildman–Crippen MR) is 222 cm³/mol. The minimum absolute atomic E-state index is 0.0620. The van der Waals surface area contributed by atoms with Crippen LogP contribution in [0.5, 0.6) is 0 Å². The van der Waals surface area contributed by atoms with Gasteiger partial charge >= 0.3 is 24.1 Å². The molecule has 2 saturated carbocycles. The van der Waals surface area contributed by atoms with Crippen molar-refractivity contribution in [3.63, 3.8) is 0 Å². The molecule has 0 spiro atoms. The number of benzene rings is 2. The third kappa shape index (κ3) is 9.75. The lowest BCUT2D eigenvalue weighted by Gasteiger charge is -2.48. The Kier molecular flexibility index (Phi) is 14.0. The van der Waals surface area contributed by atoms with Crippen LogP contribution in [0.25, 0.3) is 0 Å². The molecule has 2 aromatic rings. The largest absolute Gasteiger partial charge is 0.467 e. The number of carbonyl (C=O) groups is 8. The van der Waals surface area contributed by atoms with E-state index in [2.05, 4.69) is 21.3 Å². The van der Waals surface area contributed by atoms with Crippen LogP contribution in [0.1, 0.15) is 77.3 Å². The van der Waals surface area contributed by atoms with Gasteiger partial charge in [0.1, 0.15) is 32.8 Å². The van der Waals surface area contributed by atoms with Crippen LogP contribution < -0.4 is 21.3 Å². The van der Waals surface area contributed by atoms with Crippen LogP contribution in [-0.4, -0.2) is 106 Å². The number of hydrogen-bond donors (Lipinski definition) is 4. The molecule has 0 radical (unpaired) electrons. The van der Waals surface area contributed by atoms with Crippen LogP contribution in [0, 0.1) is 11.8 Å². The van der Waals surface area contributed by atoms with Crippen molar-refractivity contribution >= 4 is 71.3 Å². The number of ether oxygens (including phenoxy) is 4. The fourth-order valence-corrected chi connectivity index (χ4v) is 11.2. The Hall–Kier alpha value is -5.10. The highest BCUT2D eigenvalue weighted by Gasteiger charge is 2.69. The minimum atomic E-state index is -1.02. The first kappa shape index (κ1) is 46.0. The van der Waals surface area contributed by atoms with Crippen molar-refractivity contribution < 1.29 is 57.3 Å². The van der Waals surface area contributed by atoms with E-state index < -0.39 is 68.7 Å². The third-order valence-electron chi connectivity index (χ3n) is 10.6.